The Hall–Kier alpha value is -2.10. The fraction of sp³-hybridized carbons (Fsp3) is 0.167. The molecule has 0 unspecified atom stereocenters. The lowest BCUT2D eigenvalue weighted by Crippen LogP contribution is -1.91. The van der Waals surface area contributed by atoms with Crippen molar-refractivity contribution >= 4 is 16.4 Å². The van der Waals surface area contributed by atoms with Gasteiger partial charge in [0, 0.05) is 11.1 Å². The number of nitrogens with zero attached hydrogens (tertiary/aromatic N) is 3. The minimum atomic E-state index is 0.834. The van der Waals surface area contributed by atoms with Crippen LogP contribution in [-0.2, 0) is 0 Å². The number of benzene rings is 1. The van der Waals surface area contributed by atoms with E-state index in [4.69, 9.17) is 4.74 Å². The maximum absolute atomic E-state index is 5.22. The number of ether oxygens (including phenoxy) is 1. The molecule has 0 spiro atoms. The molecule has 0 amide bonds. The average Bonchev–Trinajstić information content (AvgIpc) is 2.78. The Balaban J connectivity index is 2.50. The Morgan fingerprint density at radius 2 is 2.12 bits per heavy atom. The molecule has 4 heteroatoms. The van der Waals surface area contributed by atoms with Gasteiger partial charge >= 0.3 is 0 Å². The predicted octanol–water partition coefficient (Wildman–Crippen LogP) is 2.20. The molecule has 0 aliphatic carbocycles. The summed E-state index contributed by atoms with van der Waals surface area (Å²) >= 11 is 0. The second-order valence-corrected chi connectivity index (χ2v) is 3.76. The van der Waals surface area contributed by atoms with E-state index in [1.165, 1.54) is 0 Å². The minimum Gasteiger partial charge on any atom is -0.497 e. The molecule has 80 valence electrons. The Morgan fingerprint density at radius 3 is 2.94 bits per heavy atom. The second kappa shape index (κ2) is 3.20. The number of hydrogen-bond donors (Lipinski definition) is 0. The van der Waals surface area contributed by atoms with Crippen LogP contribution in [0, 0.1) is 6.92 Å². The average molecular weight is 213 g/mol. The SMILES string of the molecule is COc1ccc2cc(C)n3cnnc3c2c1. The highest BCUT2D eigenvalue weighted by molar-refractivity contribution is 5.95. The van der Waals surface area contributed by atoms with Crippen molar-refractivity contribution in [1.29, 1.82) is 0 Å². The fourth-order valence-corrected chi connectivity index (χ4v) is 1.95. The highest BCUT2D eigenvalue weighted by Crippen LogP contribution is 2.24. The van der Waals surface area contributed by atoms with Crippen LogP contribution in [0.1, 0.15) is 5.69 Å². The summed E-state index contributed by atoms with van der Waals surface area (Å²) in [6.07, 6.45) is 1.73. The van der Waals surface area contributed by atoms with E-state index < -0.39 is 0 Å². The molecular formula is C12H11N3O. The maximum atomic E-state index is 5.22. The highest BCUT2D eigenvalue weighted by Gasteiger charge is 2.06. The molecule has 0 aliphatic rings. The molecule has 3 aromatic rings. The first-order chi connectivity index (χ1) is 7.79. The van der Waals surface area contributed by atoms with Crippen LogP contribution in [0.2, 0.25) is 0 Å². The van der Waals surface area contributed by atoms with Gasteiger partial charge in [0.25, 0.3) is 0 Å². The van der Waals surface area contributed by atoms with Crippen LogP contribution < -0.4 is 4.74 Å². The molecule has 0 saturated heterocycles. The summed E-state index contributed by atoms with van der Waals surface area (Å²) < 4.78 is 7.19. The van der Waals surface area contributed by atoms with Gasteiger partial charge in [0.2, 0.25) is 0 Å². The third kappa shape index (κ3) is 1.16. The normalized spacial score (nSPS) is 11.1. The summed E-state index contributed by atoms with van der Waals surface area (Å²) in [5.41, 5.74) is 1.99. The van der Waals surface area contributed by atoms with Gasteiger partial charge in [0.05, 0.1) is 7.11 Å². The van der Waals surface area contributed by atoms with E-state index in [0.717, 1.165) is 27.9 Å². The van der Waals surface area contributed by atoms with E-state index in [2.05, 4.69) is 16.3 Å². The van der Waals surface area contributed by atoms with Gasteiger partial charge in [-0.3, -0.25) is 4.40 Å². The van der Waals surface area contributed by atoms with Crippen molar-refractivity contribution in [2.45, 2.75) is 6.92 Å². The first-order valence-electron chi connectivity index (χ1n) is 5.06. The second-order valence-electron chi connectivity index (χ2n) is 3.76. The van der Waals surface area contributed by atoms with Gasteiger partial charge in [-0.15, -0.1) is 10.2 Å². The Morgan fingerprint density at radius 1 is 1.25 bits per heavy atom. The third-order valence-corrected chi connectivity index (χ3v) is 2.79. The van der Waals surface area contributed by atoms with E-state index in [9.17, 15) is 0 Å². The molecule has 0 N–H and O–H groups in total. The lowest BCUT2D eigenvalue weighted by molar-refractivity contribution is 0.415. The van der Waals surface area contributed by atoms with Gasteiger partial charge < -0.3 is 4.74 Å². The molecule has 1 aromatic carbocycles. The van der Waals surface area contributed by atoms with Crippen LogP contribution in [0.3, 0.4) is 0 Å². The van der Waals surface area contributed by atoms with Crippen LogP contribution in [-0.4, -0.2) is 21.7 Å². The van der Waals surface area contributed by atoms with Crippen LogP contribution in [0.4, 0.5) is 0 Å². The van der Waals surface area contributed by atoms with Gasteiger partial charge in [-0.2, -0.15) is 0 Å². The van der Waals surface area contributed by atoms with Crippen molar-refractivity contribution < 1.29 is 4.74 Å². The van der Waals surface area contributed by atoms with Gasteiger partial charge in [-0.1, -0.05) is 6.07 Å². The number of hydrogen-bond acceptors (Lipinski definition) is 3. The monoisotopic (exact) mass is 213 g/mol. The fourth-order valence-electron chi connectivity index (χ4n) is 1.95. The first kappa shape index (κ1) is 9.15. The minimum absolute atomic E-state index is 0.834. The third-order valence-electron chi connectivity index (χ3n) is 2.79. The molecule has 2 heterocycles. The van der Waals surface area contributed by atoms with E-state index >= 15 is 0 Å². The molecule has 0 radical (unpaired) electrons. The summed E-state index contributed by atoms with van der Waals surface area (Å²) in [5.74, 6) is 0.834. The smallest absolute Gasteiger partial charge is 0.168 e. The van der Waals surface area contributed by atoms with E-state index in [0.29, 0.717) is 0 Å². The summed E-state index contributed by atoms with van der Waals surface area (Å²) in [6.45, 7) is 2.04. The largest absolute Gasteiger partial charge is 0.497 e. The zero-order chi connectivity index (χ0) is 11.1. The van der Waals surface area contributed by atoms with Gasteiger partial charge in [-0.05, 0) is 30.5 Å². The number of rotatable bonds is 1. The predicted molar refractivity (Wildman–Crippen MR) is 61.8 cm³/mol. The number of aryl methyl sites for hydroxylation is 1. The van der Waals surface area contributed by atoms with Crippen molar-refractivity contribution in [3.8, 4) is 5.75 Å². The molecular weight excluding hydrogens is 202 g/mol. The summed E-state index contributed by atoms with van der Waals surface area (Å²) in [4.78, 5) is 0. The molecule has 0 saturated carbocycles. The lowest BCUT2D eigenvalue weighted by atomic mass is 10.1. The summed E-state index contributed by atoms with van der Waals surface area (Å²) in [7, 11) is 1.66. The number of fused-ring (bicyclic) bond motifs is 3. The molecule has 0 fully saturated rings. The van der Waals surface area contributed by atoms with Crippen LogP contribution in [0.25, 0.3) is 16.4 Å². The standard InChI is InChI=1S/C12H11N3O/c1-8-5-9-3-4-10(16-2)6-11(9)12-14-13-7-15(8)12/h3-7H,1-2H3. The quantitative estimate of drug-likeness (QED) is 0.622. The molecule has 0 aliphatic heterocycles. The van der Waals surface area contributed by atoms with Crippen molar-refractivity contribution in [3.63, 3.8) is 0 Å². The van der Waals surface area contributed by atoms with Crippen molar-refractivity contribution in [2.75, 3.05) is 7.11 Å². The van der Waals surface area contributed by atoms with E-state index in [-0.39, 0.29) is 0 Å². The van der Waals surface area contributed by atoms with Gasteiger partial charge in [-0.25, -0.2) is 0 Å². The number of pyridine rings is 1. The lowest BCUT2D eigenvalue weighted by Gasteiger charge is -2.05. The molecule has 4 nitrogen and oxygen atoms in total. The van der Waals surface area contributed by atoms with Gasteiger partial charge in [0.15, 0.2) is 5.65 Å². The highest BCUT2D eigenvalue weighted by atomic mass is 16.5. The van der Waals surface area contributed by atoms with Crippen LogP contribution in [0.5, 0.6) is 5.75 Å². The Bertz CT molecular complexity index is 672. The maximum Gasteiger partial charge on any atom is 0.168 e. The van der Waals surface area contributed by atoms with Gasteiger partial charge in [0.1, 0.15) is 12.1 Å². The molecule has 2 aromatic heterocycles. The number of methoxy groups -OCH3 is 1. The Kier molecular flexibility index (Phi) is 1.83. The Labute approximate surface area is 92.5 Å². The van der Waals surface area contributed by atoms with Crippen molar-refractivity contribution in [2.24, 2.45) is 0 Å². The molecule has 0 atom stereocenters. The zero-order valence-electron chi connectivity index (χ0n) is 9.14. The van der Waals surface area contributed by atoms with Crippen LogP contribution in [0.15, 0.2) is 30.6 Å². The van der Waals surface area contributed by atoms with Crippen molar-refractivity contribution in [3.05, 3.63) is 36.3 Å². The van der Waals surface area contributed by atoms with Crippen LogP contribution >= 0.6 is 0 Å². The van der Waals surface area contributed by atoms with E-state index in [1.54, 1.807) is 13.4 Å². The summed E-state index contributed by atoms with van der Waals surface area (Å²) in [5, 5.41) is 10.3. The molecule has 0 bridgehead atoms. The zero-order valence-corrected chi connectivity index (χ0v) is 9.14. The topological polar surface area (TPSA) is 39.4 Å². The number of aromatic nitrogens is 3. The molecule has 3 rings (SSSR count). The van der Waals surface area contributed by atoms with E-state index in [1.807, 2.05) is 29.5 Å². The summed E-state index contributed by atoms with van der Waals surface area (Å²) in [6, 6.07) is 8.09. The molecule has 16 heavy (non-hydrogen) atoms. The van der Waals surface area contributed by atoms with Crippen molar-refractivity contribution in [1.82, 2.24) is 14.6 Å². The first-order valence-corrected chi connectivity index (χ1v) is 5.06.